The molecule has 2 rings (SSSR count). The zero-order valence-corrected chi connectivity index (χ0v) is 13.6. The summed E-state index contributed by atoms with van der Waals surface area (Å²) in [5, 5.41) is 2.60. The number of nitrogens with zero attached hydrogens (tertiary/aromatic N) is 1. The van der Waals surface area contributed by atoms with Gasteiger partial charge in [-0.3, -0.25) is 9.69 Å². The molecule has 5 heteroatoms. The summed E-state index contributed by atoms with van der Waals surface area (Å²) in [4.78, 5) is 13.9. The van der Waals surface area contributed by atoms with E-state index in [-0.39, 0.29) is 18.1 Å². The summed E-state index contributed by atoms with van der Waals surface area (Å²) in [6.07, 6.45) is 0. The number of nitrogens with one attached hydrogen (secondary N) is 1. The third-order valence-corrected chi connectivity index (χ3v) is 3.42. The van der Waals surface area contributed by atoms with E-state index in [1.54, 1.807) is 26.2 Å². The van der Waals surface area contributed by atoms with Crippen molar-refractivity contribution in [1.29, 1.82) is 0 Å². The molecule has 0 aromatic heterocycles. The number of amides is 1. The predicted molar refractivity (Wildman–Crippen MR) is 89.1 cm³/mol. The molecule has 0 saturated heterocycles. The molecule has 122 valence electrons. The Morgan fingerprint density at radius 3 is 2.52 bits per heavy atom. The number of anilines is 1. The van der Waals surface area contributed by atoms with Crippen LogP contribution < -0.4 is 10.1 Å². The standard InChI is InChI=1S/C18H21FN2O2/c1-13-4-9-17(16(19)10-13)20-18(22)12-21(2)11-14-5-7-15(23-3)8-6-14/h4-10H,11-12H2,1-3H3,(H,20,22). The monoisotopic (exact) mass is 316 g/mol. The van der Waals surface area contributed by atoms with Crippen LogP contribution in [0.3, 0.4) is 0 Å². The first-order chi connectivity index (χ1) is 11.0. The van der Waals surface area contributed by atoms with Gasteiger partial charge in [0.1, 0.15) is 11.6 Å². The number of ether oxygens (including phenoxy) is 1. The van der Waals surface area contributed by atoms with E-state index in [1.807, 2.05) is 36.2 Å². The minimum Gasteiger partial charge on any atom is -0.497 e. The van der Waals surface area contributed by atoms with Gasteiger partial charge in [-0.15, -0.1) is 0 Å². The number of benzene rings is 2. The molecule has 0 radical (unpaired) electrons. The maximum absolute atomic E-state index is 13.7. The summed E-state index contributed by atoms with van der Waals surface area (Å²) < 4.78 is 18.8. The Bertz CT molecular complexity index is 671. The van der Waals surface area contributed by atoms with E-state index in [0.29, 0.717) is 6.54 Å². The van der Waals surface area contributed by atoms with Crippen LogP contribution in [0.1, 0.15) is 11.1 Å². The number of aryl methyl sites for hydroxylation is 1. The van der Waals surface area contributed by atoms with Crippen molar-refractivity contribution >= 4 is 11.6 Å². The van der Waals surface area contributed by atoms with Crippen molar-refractivity contribution in [3.8, 4) is 5.75 Å². The second-order valence-corrected chi connectivity index (χ2v) is 5.55. The molecule has 0 aliphatic carbocycles. The first-order valence-corrected chi connectivity index (χ1v) is 7.35. The minimum absolute atomic E-state index is 0.180. The number of halogens is 1. The molecule has 0 unspecified atom stereocenters. The molecule has 0 fully saturated rings. The van der Waals surface area contributed by atoms with E-state index in [2.05, 4.69) is 5.32 Å². The van der Waals surface area contributed by atoms with E-state index >= 15 is 0 Å². The lowest BCUT2D eigenvalue weighted by Gasteiger charge is -2.17. The van der Waals surface area contributed by atoms with Gasteiger partial charge in [-0.25, -0.2) is 4.39 Å². The molecule has 23 heavy (non-hydrogen) atoms. The SMILES string of the molecule is COc1ccc(CN(C)CC(=O)Nc2ccc(C)cc2F)cc1. The maximum Gasteiger partial charge on any atom is 0.238 e. The van der Waals surface area contributed by atoms with Crippen LogP contribution in [0.5, 0.6) is 5.75 Å². The molecule has 0 saturated carbocycles. The van der Waals surface area contributed by atoms with Crippen LogP contribution in [0.25, 0.3) is 0 Å². The van der Waals surface area contributed by atoms with Gasteiger partial charge < -0.3 is 10.1 Å². The zero-order chi connectivity index (χ0) is 16.8. The molecule has 0 atom stereocenters. The lowest BCUT2D eigenvalue weighted by Crippen LogP contribution is -2.30. The van der Waals surface area contributed by atoms with Crippen LogP contribution >= 0.6 is 0 Å². The van der Waals surface area contributed by atoms with Crippen LogP contribution in [0, 0.1) is 12.7 Å². The Hall–Kier alpha value is -2.40. The van der Waals surface area contributed by atoms with Gasteiger partial charge in [0.2, 0.25) is 5.91 Å². The number of likely N-dealkylation sites (N-methyl/N-ethyl adjacent to an activating group) is 1. The quantitative estimate of drug-likeness (QED) is 0.890. The van der Waals surface area contributed by atoms with Crippen molar-refractivity contribution in [3.05, 3.63) is 59.4 Å². The summed E-state index contributed by atoms with van der Waals surface area (Å²) in [7, 11) is 3.46. The topological polar surface area (TPSA) is 41.6 Å². The molecular weight excluding hydrogens is 295 g/mol. The fourth-order valence-electron chi connectivity index (χ4n) is 2.25. The third-order valence-electron chi connectivity index (χ3n) is 3.42. The van der Waals surface area contributed by atoms with Crippen LogP contribution in [0.4, 0.5) is 10.1 Å². The van der Waals surface area contributed by atoms with E-state index in [4.69, 9.17) is 4.74 Å². The lowest BCUT2D eigenvalue weighted by molar-refractivity contribution is -0.117. The molecule has 1 N–H and O–H groups in total. The van der Waals surface area contributed by atoms with Gasteiger partial charge in [-0.2, -0.15) is 0 Å². The highest BCUT2D eigenvalue weighted by atomic mass is 19.1. The number of methoxy groups -OCH3 is 1. The van der Waals surface area contributed by atoms with Crippen molar-refractivity contribution in [2.45, 2.75) is 13.5 Å². The maximum atomic E-state index is 13.7. The van der Waals surface area contributed by atoms with Gasteiger partial charge in [0.15, 0.2) is 0 Å². The highest BCUT2D eigenvalue weighted by Crippen LogP contribution is 2.15. The Labute approximate surface area is 135 Å². The molecule has 0 spiro atoms. The Morgan fingerprint density at radius 2 is 1.91 bits per heavy atom. The average Bonchev–Trinajstić information content (AvgIpc) is 2.50. The third kappa shape index (κ3) is 5.07. The molecular formula is C18H21FN2O2. The van der Waals surface area contributed by atoms with Crippen molar-refractivity contribution in [2.75, 3.05) is 26.0 Å². The Morgan fingerprint density at radius 1 is 1.22 bits per heavy atom. The number of hydrogen-bond acceptors (Lipinski definition) is 3. The molecule has 0 aliphatic heterocycles. The number of carbonyl (C=O) groups is 1. The second-order valence-electron chi connectivity index (χ2n) is 5.55. The van der Waals surface area contributed by atoms with Gasteiger partial charge in [-0.05, 0) is 49.4 Å². The summed E-state index contributed by atoms with van der Waals surface area (Å²) in [6.45, 7) is 2.60. The van der Waals surface area contributed by atoms with Crippen LogP contribution in [-0.4, -0.2) is 31.5 Å². The predicted octanol–water partition coefficient (Wildman–Crippen LogP) is 3.21. The van der Waals surface area contributed by atoms with Gasteiger partial charge in [-0.1, -0.05) is 18.2 Å². The van der Waals surface area contributed by atoms with Crippen molar-refractivity contribution in [2.24, 2.45) is 0 Å². The molecule has 0 aliphatic rings. The lowest BCUT2D eigenvalue weighted by atomic mass is 10.2. The summed E-state index contributed by atoms with van der Waals surface area (Å²) in [6, 6.07) is 12.4. The average molecular weight is 316 g/mol. The largest absolute Gasteiger partial charge is 0.497 e. The Balaban J connectivity index is 1.88. The van der Waals surface area contributed by atoms with Gasteiger partial charge >= 0.3 is 0 Å². The van der Waals surface area contributed by atoms with Gasteiger partial charge in [0.25, 0.3) is 0 Å². The van der Waals surface area contributed by atoms with E-state index in [9.17, 15) is 9.18 Å². The summed E-state index contributed by atoms with van der Waals surface area (Å²) >= 11 is 0. The van der Waals surface area contributed by atoms with E-state index in [0.717, 1.165) is 16.9 Å². The van der Waals surface area contributed by atoms with Crippen LogP contribution in [0.15, 0.2) is 42.5 Å². The number of rotatable bonds is 6. The van der Waals surface area contributed by atoms with Crippen molar-refractivity contribution in [3.63, 3.8) is 0 Å². The van der Waals surface area contributed by atoms with Gasteiger partial charge in [0, 0.05) is 6.54 Å². The smallest absolute Gasteiger partial charge is 0.238 e. The van der Waals surface area contributed by atoms with E-state index in [1.165, 1.54) is 6.07 Å². The number of hydrogen-bond donors (Lipinski definition) is 1. The van der Waals surface area contributed by atoms with Gasteiger partial charge in [0.05, 0.1) is 19.3 Å². The Kier molecular flexibility index (Phi) is 5.71. The molecule has 1 amide bonds. The second kappa shape index (κ2) is 7.74. The molecule has 2 aromatic rings. The fourth-order valence-corrected chi connectivity index (χ4v) is 2.25. The van der Waals surface area contributed by atoms with Crippen LogP contribution in [-0.2, 0) is 11.3 Å². The first kappa shape index (κ1) is 17.0. The molecule has 0 heterocycles. The zero-order valence-electron chi connectivity index (χ0n) is 13.6. The highest BCUT2D eigenvalue weighted by Gasteiger charge is 2.10. The summed E-state index contributed by atoms with van der Waals surface area (Å²) in [5.74, 6) is 0.129. The highest BCUT2D eigenvalue weighted by molar-refractivity contribution is 5.92. The van der Waals surface area contributed by atoms with E-state index < -0.39 is 5.82 Å². The molecule has 0 bridgehead atoms. The first-order valence-electron chi connectivity index (χ1n) is 7.35. The van der Waals surface area contributed by atoms with Crippen molar-refractivity contribution < 1.29 is 13.9 Å². The fraction of sp³-hybridized carbons (Fsp3) is 0.278. The number of carbonyl (C=O) groups excluding carboxylic acids is 1. The van der Waals surface area contributed by atoms with Crippen LogP contribution in [0.2, 0.25) is 0 Å². The summed E-state index contributed by atoms with van der Waals surface area (Å²) in [5.41, 5.74) is 2.10. The molecule has 2 aromatic carbocycles. The van der Waals surface area contributed by atoms with Crippen molar-refractivity contribution in [1.82, 2.24) is 4.90 Å². The normalized spacial score (nSPS) is 10.7. The molecule has 4 nitrogen and oxygen atoms in total. The minimum atomic E-state index is -0.420.